The highest BCUT2D eigenvalue weighted by atomic mass is 32.2. The molecule has 0 spiro atoms. The Morgan fingerprint density at radius 1 is 1.31 bits per heavy atom. The monoisotopic (exact) mass is 445 g/mol. The van der Waals surface area contributed by atoms with E-state index in [1.165, 1.54) is 28.0 Å². The van der Waals surface area contributed by atoms with Crippen LogP contribution in [0.5, 0.6) is 0 Å². The van der Waals surface area contributed by atoms with Gasteiger partial charge in [-0.2, -0.15) is 0 Å². The molecule has 1 N–H and O–H groups in total. The Hall–Kier alpha value is -2.10. The molecular formula is C20H23N5OS3. The van der Waals surface area contributed by atoms with Crippen molar-refractivity contribution in [2.45, 2.75) is 48.4 Å². The minimum atomic E-state index is -0.332. The van der Waals surface area contributed by atoms with Gasteiger partial charge in [0.05, 0.1) is 16.7 Å². The number of carbonyl (C=O) groups is 1. The summed E-state index contributed by atoms with van der Waals surface area (Å²) in [5, 5.41) is 12.6. The molecule has 1 atom stereocenters. The van der Waals surface area contributed by atoms with E-state index in [0.717, 1.165) is 16.4 Å². The predicted molar refractivity (Wildman–Crippen MR) is 122 cm³/mol. The van der Waals surface area contributed by atoms with Crippen LogP contribution in [0.3, 0.4) is 0 Å². The molecule has 0 aliphatic carbocycles. The van der Waals surface area contributed by atoms with E-state index in [9.17, 15) is 4.79 Å². The Bertz CT molecular complexity index is 964. The second kappa shape index (κ2) is 10.1. The number of aromatic nitrogens is 4. The summed E-state index contributed by atoms with van der Waals surface area (Å²) in [6, 6.07) is 10.2. The van der Waals surface area contributed by atoms with Crippen LogP contribution in [0.4, 0.5) is 5.13 Å². The van der Waals surface area contributed by atoms with Crippen LogP contribution in [0.15, 0.2) is 53.0 Å². The van der Waals surface area contributed by atoms with Gasteiger partial charge in [0.2, 0.25) is 5.91 Å². The van der Waals surface area contributed by atoms with Crippen LogP contribution in [-0.2, 0) is 17.1 Å². The van der Waals surface area contributed by atoms with Crippen molar-refractivity contribution >= 4 is 45.9 Å². The van der Waals surface area contributed by atoms with Crippen molar-refractivity contribution in [3.05, 3.63) is 59.4 Å². The topological polar surface area (TPSA) is 72.7 Å². The van der Waals surface area contributed by atoms with E-state index in [2.05, 4.69) is 39.2 Å². The second-order valence-electron chi connectivity index (χ2n) is 6.31. The van der Waals surface area contributed by atoms with Crippen molar-refractivity contribution in [1.82, 2.24) is 19.7 Å². The van der Waals surface area contributed by atoms with Crippen molar-refractivity contribution in [1.29, 1.82) is 0 Å². The number of carbonyl (C=O) groups excluding carboxylic acids is 1. The molecule has 3 aromatic rings. The number of thioether (sulfide) groups is 2. The number of benzene rings is 1. The number of amides is 1. The number of rotatable bonds is 9. The first-order valence-corrected chi connectivity index (χ1v) is 11.8. The Balaban J connectivity index is 1.66. The maximum atomic E-state index is 12.6. The molecule has 1 amide bonds. The van der Waals surface area contributed by atoms with Crippen molar-refractivity contribution in [3.8, 4) is 0 Å². The summed E-state index contributed by atoms with van der Waals surface area (Å²) in [6.07, 6.45) is 1.82. The van der Waals surface area contributed by atoms with Gasteiger partial charge in [-0.1, -0.05) is 36.0 Å². The van der Waals surface area contributed by atoms with Crippen molar-refractivity contribution < 1.29 is 4.79 Å². The number of aryl methyl sites for hydroxylation is 2. The first-order chi connectivity index (χ1) is 14.0. The first kappa shape index (κ1) is 21.6. The molecule has 0 aliphatic heterocycles. The van der Waals surface area contributed by atoms with Crippen molar-refractivity contribution in [2.24, 2.45) is 0 Å². The largest absolute Gasteiger partial charge is 0.301 e. The molecule has 0 aliphatic rings. The lowest BCUT2D eigenvalue weighted by Crippen LogP contribution is -2.23. The highest BCUT2D eigenvalue weighted by molar-refractivity contribution is 8.00. The SMILES string of the molecule is C=CCn1c(CSc2ccccc2)nnc1SC(C)C(=O)Nc1nc(C)c(C)s1. The fourth-order valence-electron chi connectivity index (χ4n) is 2.43. The summed E-state index contributed by atoms with van der Waals surface area (Å²) >= 11 is 4.58. The molecule has 6 nitrogen and oxygen atoms in total. The van der Waals surface area contributed by atoms with Gasteiger partial charge in [-0.25, -0.2) is 4.98 Å². The summed E-state index contributed by atoms with van der Waals surface area (Å²) in [7, 11) is 0. The Labute approximate surface area is 183 Å². The van der Waals surface area contributed by atoms with Gasteiger partial charge in [-0.3, -0.25) is 4.79 Å². The molecule has 1 aromatic carbocycles. The molecule has 1 unspecified atom stereocenters. The third-order valence-corrected chi connectivity index (χ3v) is 7.20. The second-order valence-corrected chi connectivity index (χ2v) is 9.87. The minimum Gasteiger partial charge on any atom is -0.301 e. The van der Waals surface area contributed by atoms with Crippen molar-refractivity contribution in [2.75, 3.05) is 5.32 Å². The summed E-state index contributed by atoms with van der Waals surface area (Å²) in [6.45, 7) is 10.2. The number of nitrogens with zero attached hydrogens (tertiary/aromatic N) is 4. The molecule has 0 saturated carbocycles. The lowest BCUT2D eigenvalue weighted by Gasteiger charge is -2.12. The third kappa shape index (κ3) is 5.71. The Kier molecular flexibility index (Phi) is 7.51. The maximum Gasteiger partial charge on any atom is 0.239 e. The lowest BCUT2D eigenvalue weighted by molar-refractivity contribution is -0.115. The van der Waals surface area contributed by atoms with Crippen LogP contribution >= 0.6 is 34.9 Å². The number of allylic oxidation sites excluding steroid dienone is 1. The summed E-state index contributed by atoms with van der Waals surface area (Å²) in [5.74, 6) is 1.46. The average Bonchev–Trinajstić information content (AvgIpc) is 3.23. The molecule has 3 rings (SSSR count). The highest BCUT2D eigenvalue weighted by Crippen LogP contribution is 2.28. The Morgan fingerprint density at radius 2 is 2.07 bits per heavy atom. The van der Waals surface area contributed by atoms with E-state index in [1.54, 1.807) is 11.8 Å². The van der Waals surface area contributed by atoms with Crippen LogP contribution in [0.1, 0.15) is 23.3 Å². The normalized spacial score (nSPS) is 12.0. The van der Waals surface area contributed by atoms with Crippen LogP contribution in [0, 0.1) is 13.8 Å². The van der Waals surface area contributed by atoms with Gasteiger partial charge in [0, 0.05) is 16.3 Å². The zero-order chi connectivity index (χ0) is 20.8. The highest BCUT2D eigenvalue weighted by Gasteiger charge is 2.21. The number of anilines is 1. The van der Waals surface area contributed by atoms with E-state index < -0.39 is 0 Å². The first-order valence-electron chi connectivity index (χ1n) is 9.10. The van der Waals surface area contributed by atoms with E-state index in [0.29, 0.717) is 22.6 Å². The smallest absolute Gasteiger partial charge is 0.239 e. The van der Waals surface area contributed by atoms with E-state index in [1.807, 2.05) is 49.6 Å². The van der Waals surface area contributed by atoms with E-state index in [4.69, 9.17) is 0 Å². The zero-order valence-corrected chi connectivity index (χ0v) is 19.0. The van der Waals surface area contributed by atoms with Gasteiger partial charge in [-0.05, 0) is 32.9 Å². The van der Waals surface area contributed by atoms with Gasteiger partial charge >= 0.3 is 0 Å². The summed E-state index contributed by atoms with van der Waals surface area (Å²) in [4.78, 5) is 19.2. The van der Waals surface area contributed by atoms with Gasteiger partial charge in [0.15, 0.2) is 10.3 Å². The van der Waals surface area contributed by atoms with Gasteiger partial charge in [-0.15, -0.1) is 39.9 Å². The fourth-order valence-corrected chi connectivity index (χ4v) is 4.99. The zero-order valence-electron chi connectivity index (χ0n) is 16.6. The average molecular weight is 446 g/mol. The van der Waals surface area contributed by atoms with Crippen LogP contribution < -0.4 is 5.32 Å². The number of hydrogen-bond acceptors (Lipinski definition) is 7. The summed E-state index contributed by atoms with van der Waals surface area (Å²) < 4.78 is 2.01. The van der Waals surface area contributed by atoms with E-state index in [-0.39, 0.29) is 11.2 Å². The van der Waals surface area contributed by atoms with Gasteiger partial charge in [0.25, 0.3) is 0 Å². The molecule has 0 bridgehead atoms. The summed E-state index contributed by atoms with van der Waals surface area (Å²) in [5.41, 5.74) is 0.942. The van der Waals surface area contributed by atoms with Gasteiger partial charge < -0.3 is 9.88 Å². The molecule has 2 heterocycles. The molecule has 0 radical (unpaired) electrons. The molecule has 0 saturated heterocycles. The van der Waals surface area contributed by atoms with Crippen LogP contribution in [0.2, 0.25) is 0 Å². The minimum absolute atomic E-state index is 0.0999. The lowest BCUT2D eigenvalue weighted by atomic mass is 10.4. The molecule has 9 heteroatoms. The molecule has 0 fully saturated rings. The maximum absolute atomic E-state index is 12.6. The standard InChI is InChI=1S/C20H23N5OS3/c1-5-11-25-17(12-27-16-9-7-6-8-10-16)23-24-20(25)29-15(4)18(26)22-19-21-13(2)14(3)28-19/h5-10,15H,1,11-12H2,2-4H3,(H,21,22,26). The molecule has 29 heavy (non-hydrogen) atoms. The fraction of sp³-hybridized carbons (Fsp3) is 0.300. The molecule has 152 valence electrons. The third-order valence-electron chi connectivity index (χ3n) is 4.13. The predicted octanol–water partition coefficient (Wildman–Crippen LogP) is 4.95. The molecule has 2 aromatic heterocycles. The van der Waals surface area contributed by atoms with Crippen molar-refractivity contribution in [3.63, 3.8) is 0 Å². The molecular weight excluding hydrogens is 422 g/mol. The number of thiazole rings is 1. The van der Waals surface area contributed by atoms with Crippen LogP contribution in [-0.4, -0.2) is 30.9 Å². The van der Waals surface area contributed by atoms with Crippen LogP contribution in [0.25, 0.3) is 0 Å². The quantitative estimate of drug-likeness (QED) is 0.371. The number of hydrogen-bond donors (Lipinski definition) is 1. The Morgan fingerprint density at radius 3 is 2.72 bits per heavy atom. The number of nitrogens with one attached hydrogen (secondary N) is 1. The van der Waals surface area contributed by atoms with E-state index >= 15 is 0 Å². The van der Waals surface area contributed by atoms with Gasteiger partial charge in [0.1, 0.15) is 5.82 Å².